The summed E-state index contributed by atoms with van der Waals surface area (Å²) >= 11 is 5.80. The first kappa shape index (κ1) is 15.6. The molecule has 1 saturated heterocycles. The van der Waals surface area contributed by atoms with Crippen molar-refractivity contribution in [2.75, 3.05) is 11.9 Å². The second-order valence-electron chi connectivity index (χ2n) is 4.57. The highest BCUT2D eigenvalue weighted by atomic mass is 35.5. The second-order valence-corrected chi connectivity index (χ2v) is 4.98. The van der Waals surface area contributed by atoms with Crippen molar-refractivity contribution in [3.8, 4) is 0 Å². The second kappa shape index (κ2) is 5.55. The number of likely N-dealkylation sites (N-methyl/N-ethyl adjacent to an activating group) is 1. The molecule has 114 valence electrons. The number of nitrogens with zero attached hydrogens (tertiary/aromatic N) is 1. The number of carbonyl (C=O) groups is 2. The third-order valence-electron chi connectivity index (χ3n) is 3.19. The molecule has 1 aliphatic heterocycles. The molecule has 8 heteroatoms. The molecular formula is C13H12ClF3N2O2. The standard InChI is InChI=1S/C13H12ClF3N2O2/c1-2-19-11(20)6-10(12(19)21)18-9-4-3-7(5-8(9)14)13(15,16)17/h3-5,10,18H,2,6H2,1H3. The highest BCUT2D eigenvalue weighted by molar-refractivity contribution is 6.33. The molecule has 1 atom stereocenters. The van der Waals surface area contributed by atoms with Crippen LogP contribution in [0, 0.1) is 0 Å². The number of likely N-dealkylation sites (tertiary alicyclic amines) is 1. The minimum Gasteiger partial charge on any atom is -0.372 e. The van der Waals surface area contributed by atoms with E-state index < -0.39 is 23.7 Å². The number of nitrogens with one attached hydrogen (secondary N) is 1. The average molecular weight is 321 g/mol. The first-order chi connectivity index (χ1) is 9.74. The van der Waals surface area contributed by atoms with Crippen LogP contribution in [0.4, 0.5) is 18.9 Å². The number of alkyl halides is 3. The fourth-order valence-electron chi connectivity index (χ4n) is 2.12. The van der Waals surface area contributed by atoms with Crippen LogP contribution in [0.5, 0.6) is 0 Å². The summed E-state index contributed by atoms with van der Waals surface area (Å²) < 4.78 is 37.6. The van der Waals surface area contributed by atoms with E-state index in [0.717, 1.165) is 23.1 Å². The largest absolute Gasteiger partial charge is 0.416 e. The number of imide groups is 1. The molecule has 0 spiro atoms. The van der Waals surface area contributed by atoms with Crippen molar-refractivity contribution in [3.63, 3.8) is 0 Å². The Morgan fingerprint density at radius 3 is 2.52 bits per heavy atom. The van der Waals surface area contributed by atoms with Crippen LogP contribution in [0.15, 0.2) is 18.2 Å². The Morgan fingerprint density at radius 2 is 2.05 bits per heavy atom. The van der Waals surface area contributed by atoms with Gasteiger partial charge in [-0.15, -0.1) is 0 Å². The van der Waals surface area contributed by atoms with Crippen LogP contribution in [0.25, 0.3) is 0 Å². The van der Waals surface area contributed by atoms with Gasteiger partial charge in [-0.3, -0.25) is 14.5 Å². The number of halogens is 4. The van der Waals surface area contributed by atoms with E-state index in [1.54, 1.807) is 6.92 Å². The predicted molar refractivity (Wildman–Crippen MR) is 70.9 cm³/mol. The molecule has 4 nitrogen and oxygen atoms in total. The Hall–Kier alpha value is -1.76. The van der Waals surface area contributed by atoms with Crippen LogP contribution in [-0.4, -0.2) is 29.3 Å². The van der Waals surface area contributed by atoms with Gasteiger partial charge in [-0.2, -0.15) is 13.2 Å². The molecule has 0 aromatic heterocycles. The summed E-state index contributed by atoms with van der Waals surface area (Å²) in [5, 5.41) is 2.57. The lowest BCUT2D eigenvalue weighted by molar-refractivity contribution is -0.139. The van der Waals surface area contributed by atoms with Gasteiger partial charge in [0.15, 0.2) is 0 Å². The summed E-state index contributed by atoms with van der Waals surface area (Å²) in [6.45, 7) is 1.93. The number of hydrogen-bond acceptors (Lipinski definition) is 3. The number of carbonyl (C=O) groups excluding carboxylic acids is 2. The number of benzene rings is 1. The Kier molecular flexibility index (Phi) is 4.13. The quantitative estimate of drug-likeness (QED) is 0.871. The van der Waals surface area contributed by atoms with Crippen molar-refractivity contribution in [1.82, 2.24) is 4.90 Å². The Balaban J connectivity index is 2.18. The Morgan fingerprint density at radius 1 is 1.38 bits per heavy atom. The van der Waals surface area contributed by atoms with E-state index in [-0.39, 0.29) is 29.6 Å². The van der Waals surface area contributed by atoms with Crippen LogP contribution in [0.2, 0.25) is 5.02 Å². The van der Waals surface area contributed by atoms with Crippen molar-refractivity contribution < 1.29 is 22.8 Å². The molecule has 2 rings (SSSR count). The highest BCUT2D eigenvalue weighted by Gasteiger charge is 2.38. The van der Waals surface area contributed by atoms with Crippen LogP contribution >= 0.6 is 11.6 Å². The number of anilines is 1. The molecule has 1 aromatic rings. The monoisotopic (exact) mass is 320 g/mol. The molecular weight excluding hydrogens is 309 g/mol. The SMILES string of the molecule is CCN1C(=O)CC(Nc2ccc(C(F)(F)F)cc2Cl)C1=O. The number of hydrogen-bond donors (Lipinski definition) is 1. The molecule has 0 bridgehead atoms. The van der Waals surface area contributed by atoms with Gasteiger partial charge in [-0.05, 0) is 25.1 Å². The van der Waals surface area contributed by atoms with Gasteiger partial charge in [-0.1, -0.05) is 11.6 Å². The van der Waals surface area contributed by atoms with Crippen molar-refractivity contribution >= 4 is 29.1 Å². The molecule has 0 aliphatic carbocycles. The van der Waals surface area contributed by atoms with Crippen LogP contribution in [0.3, 0.4) is 0 Å². The van der Waals surface area contributed by atoms with Crippen LogP contribution < -0.4 is 5.32 Å². The third kappa shape index (κ3) is 3.12. The van der Waals surface area contributed by atoms with E-state index in [1.165, 1.54) is 0 Å². The van der Waals surface area contributed by atoms with E-state index in [1.807, 2.05) is 0 Å². The Labute approximate surface area is 123 Å². The van der Waals surface area contributed by atoms with Gasteiger partial charge in [0, 0.05) is 6.54 Å². The predicted octanol–water partition coefficient (Wildman–Crippen LogP) is 2.92. The Bertz CT molecular complexity index is 589. The van der Waals surface area contributed by atoms with Crippen LogP contribution in [-0.2, 0) is 15.8 Å². The normalized spacial score (nSPS) is 19.3. The average Bonchev–Trinajstić information content (AvgIpc) is 2.65. The van der Waals surface area contributed by atoms with E-state index in [9.17, 15) is 22.8 Å². The minimum atomic E-state index is -4.49. The first-order valence-electron chi connectivity index (χ1n) is 6.21. The lowest BCUT2D eigenvalue weighted by Crippen LogP contribution is -2.34. The summed E-state index contributed by atoms with van der Waals surface area (Å²) in [6, 6.07) is 2.00. The maximum atomic E-state index is 12.5. The van der Waals surface area contributed by atoms with Gasteiger partial charge < -0.3 is 5.32 Å². The van der Waals surface area contributed by atoms with Gasteiger partial charge in [-0.25, -0.2) is 0 Å². The number of amides is 2. The van der Waals surface area contributed by atoms with E-state index in [0.29, 0.717) is 0 Å². The zero-order valence-electron chi connectivity index (χ0n) is 11.0. The van der Waals surface area contributed by atoms with Crippen molar-refractivity contribution in [2.24, 2.45) is 0 Å². The molecule has 2 amide bonds. The van der Waals surface area contributed by atoms with E-state index in [4.69, 9.17) is 11.6 Å². The van der Waals surface area contributed by atoms with Gasteiger partial charge in [0.25, 0.3) is 5.91 Å². The lowest BCUT2D eigenvalue weighted by Gasteiger charge is -2.16. The molecule has 0 saturated carbocycles. The molecule has 1 fully saturated rings. The van der Waals surface area contributed by atoms with E-state index in [2.05, 4.69) is 5.32 Å². The lowest BCUT2D eigenvalue weighted by atomic mass is 10.1. The maximum absolute atomic E-state index is 12.5. The molecule has 21 heavy (non-hydrogen) atoms. The van der Waals surface area contributed by atoms with Gasteiger partial charge in [0.05, 0.1) is 22.7 Å². The summed E-state index contributed by atoms with van der Waals surface area (Å²) in [4.78, 5) is 24.6. The summed E-state index contributed by atoms with van der Waals surface area (Å²) in [5.74, 6) is -0.721. The zero-order chi connectivity index (χ0) is 15.8. The number of rotatable bonds is 3. The molecule has 1 aliphatic rings. The van der Waals surface area contributed by atoms with Crippen molar-refractivity contribution in [1.29, 1.82) is 0 Å². The first-order valence-corrected chi connectivity index (χ1v) is 6.59. The molecule has 0 radical (unpaired) electrons. The van der Waals surface area contributed by atoms with Gasteiger partial charge in [0.1, 0.15) is 6.04 Å². The molecule has 1 aromatic carbocycles. The topological polar surface area (TPSA) is 49.4 Å². The fourth-order valence-corrected chi connectivity index (χ4v) is 2.36. The summed E-state index contributed by atoms with van der Waals surface area (Å²) in [5.41, 5.74) is -0.684. The van der Waals surface area contributed by atoms with Gasteiger partial charge in [0.2, 0.25) is 5.91 Å². The zero-order valence-corrected chi connectivity index (χ0v) is 11.8. The van der Waals surface area contributed by atoms with Crippen molar-refractivity contribution in [3.05, 3.63) is 28.8 Å². The molecule has 1 N–H and O–H groups in total. The minimum absolute atomic E-state index is 0.0377. The summed E-state index contributed by atoms with van der Waals surface area (Å²) in [6.07, 6.45) is -4.52. The van der Waals surface area contributed by atoms with Crippen LogP contribution in [0.1, 0.15) is 18.9 Å². The fraction of sp³-hybridized carbons (Fsp3) is 0.385. The molecule has 1 unspecified atom stereocenters. The smallest absolute Gasteiger partial charge is 0.372 e. The summed E-state index contributed by atoms with van der Waals surface area (Å²) in [7, 11) is 0. The maximum Gasteiger partial charge on any atom is 0.416 e. The van der Waals surface area contributed by atoms with Crippen molar-refractivity contribution in [2.45, 2.75) is 25.6 Å². The van der Waals surface area contributed by atoms with Gasteiger partial charge >= 0.3 is 6.18 Å². The van der Waals surface area contributed by atoms with E-state index >= 15 is 0 Å². The highest BCUT2D eigenvalue weighted by Crippen LogP contribution is 2.34. The third-order valence-corrected chi connectivity index (χ3v) is 3.50. The molecule has 1 heterocycles.